The van der Waals surface area contributed by atoms with Gasteiger partial charge in [0.25, 0.3) is 23.5 Å². The van der Waals surface area contributed by atoms with Gasteiger partial charge in [-0.2, -0.15) is 14.6 Å². The van der Waals surface area contributed by atoms with Crippen molar-refractivity contribution in [2.75, 3.05) is 25.2 Å². The van der Waals surface area contributed by atoms with Crippen molar-refractivity contribution in [3.8, 4) is 5.75 Å². The zero-order valence-electron chi connectivity index (χ0n) is 24.7. The number of amides is 3. The minimum Gasteiger partial charge on any atom is -0.482 e. The van der Waals surface area contributed by atoms with E-state index in [1.165, 1.54) is 21.8 Å². The number of likely N-dealkylation sites (N-methyl/N-ethyl adjacent to an activating group) is 1. The van der Waals surface area contributed by atoms with Crippen LogP contribution in [0.25, 0.3) is 5.78 Å². The molecule has 0 bridgehead atoms. The normalized spacial score (nSPS) is 24.2. The largest absolute Gasteiger partial charge is 0.482 e. The molecule has 230 valence electrons. The van der Waals surface area contributed by atoms with Crippen LogP contribution in [0.1, 0.15) is 59.1 Å². The SMILES string of the molecule is C=CCOC(=O)C1CCC2[C@@H](NC(=O)c3cc(C(=O)NCc4ccc5c(c4)N(C)C(=O)CO5)nc4ncnn34)CC[C@H]2[C@H]1C. The Morgan fingerprint density at radius 1 is 1.14 bits per heavy atom. The Hall–Kier alpha value is -4.81. The number of aromatic nitrogens is 4. The fourth-order valence-electron chi connectivity index (χ4n) is 6.89. The average molecular weight is 602 g/mol. The molecule has 0 saturated heterocycles. The van der Waals surface area contributed by atoms with Crippen molar-refractivity contribution >= 4 is 35.2 Å². The third-order valence-corrected chi connectivity index (χ3v) is 9.24. The zero-order valence-corrected chi connectivity index (χ0v) is 24.7. The number of ether oxygens (including phenoxy) is 2. The summed E-state index contributed by atoms with van der Waals surface area (Å²) in [5.41, 5.74) is 1.57. The van der Waals surface area contributed by atoms with Crippen LogP contribution in [0.3, 0.4) is 0 Å². The lowest BCUT2D eigenvalue weighted by Gasteiger charge is -2.38. The number of hydrogen-bond acceptors (Lipinski definition) is 9. The summed E-state index contributed by atoms with van der Waals surface area (Å²) >= 11 is 0. The van der Waals surface area contributed by atoms with Crippen LogP contribution in [-0.2, 0) is 20.9 Å². The van der Waals surface area contributed by atoms with Crippen molar-refractivity contribution in [2.24, 2.45) is 23.7 Å². The summed E-state index contributed by atoms with van der Waals surface area (Å²) in [6.07, 6.45) is 6.09. The molecule has 2 unspecified atom stereocenters. The van der Waals surface area contributed by atoms with Gasteiger partial charge in [-0.3, -0.25) is 19.2 Å². The maximum Gasteiger partial charge on any atom is 0.309 e. The molecule has 13 heteroatoms. The molecule has 3 aliphatic rings. The van der Waals surface area contributed by atoms with E-state index in [2.05, 4.69) is 39.2 Å². The van der Waals surface area contributed by atoms with Crippen LogP contribution in [-0.4, -0.2) is 69.6 Å². The molecule has 3 heterocycles. The minimum absolute atomic E-state index is 0.0132. The van der Waals surface area contributed by atoms with Crippen LogP contribution in [0.4, 0.5) is 5.69 Å². The summed E-state index contributed by atoms with van der Waals surface area (Å²) in [6, 6.07) is 6.71. The number of nitrogens with zero attached hydrogens (tertiary/aromatic N) is 5. The smallest absolute Gasteiger partial charge is 0.309 e. The summed E-state index contributed by atoms with van der Waals surface area (Å²) in [5.74, 6) is 0.0681. The van der Waals surface area contributed by atoms with E-state index < -0.39 is 5.91 Å². The molecular formula is C31H35N7O6. The number of rotatable bonds is 8. The fourth-order valence-corrected chi connectivity index (χ4v) is 6.89. The van der Waals surface area contributed by atoms with Crippen molar-refractivity contribution < 1.29 is 28.7 Å². The third kappa shape index (κ3) is 5.49. The van der Waals surface area contributed by atoms with E-state index in [1.807, 2.05) is 6.07 Å². The molecule has 1 aromatic carbocycles. The zero-order chi connectivity index (χ0) is 31.0. The van der Waals surface area contributed by atoms with E-state index in [9.17, 15) is 19.2 Å². The van der Waals surface area contributed by atoms with Crippen LogP contribution in [0, 0.1) is 23.7 Å². The van der Waals surface area contributed by atoms with Gasteiger partial charge in [0.15, 0.2) is 6.61 Å². The molecule has 13 nitrogen and oxygen atoms in total. The van der Waals surface area contributed by atoms with E-state index in [1.54, 1.807) is 25.3 Å². The maximum absolute atomic E-state index is 13.6. The lowest BCUT2D eigenvalue weighted by Crippen LogP contribution is -2.44. The minimum atomic E-state index is -0.487. The molecule has 3 amide bonds. The van der Waals surface area contributed by atoms with E-state index in [0.717, 1.165) is 24.8 Å². The number of fused-ring (bicyclic) bond motifs is 3. The highest BCUT2D eigenvalue weighted by Crippen LogP contribution is 2.48. The van der Waals surface area contributed by atoms with Gasteiger partial charge in [-0.15, -0.1) is 0 Å². The van der Waals surface area contributed by atoms with E-state index in [-0.39, 0.29) is 78.5 Å². The maximum atomic E-state index is 13.6. The van der Waals surface area contributed by atoms with Crippen LogP contribution in [0.5, 0.6) is 5.75 Å². The second-order valence-electron chi connectivity index (χ2n) is 11.7. The number of benzene rings is 1. The number of anilines is 1. The van der Waals surface area contributed by atoms with Crippen LogP contribution >= 0.6 is 0 Å². The van der Waals surface area contributed by atoms with Crippen molar-refractivity contribution in [1.29, 1.82) is 0 Å². The highest BCUT2D eigenvalue weighted by Gasteiger charge is 2.47. The summed E-state index contributed by atoms with van der Waals surface area (Å²) in [4.78, 5) is 61.4. The first-order chi connectivity index (χ1) is 21.2. The van der Waals surface area contributed by atoms with Gasteiger partial charge in [0.2, 0.25) is 0 Å². The van der Waals surface area contributed by atoms with Gasteiger partial charge in [-0.25, -0.2) is 4.98 Å². The number of carbonyl (C=O) groups is 4. The molecule has 2 aliphatic carbocycles. The second kappa shape index (κ2) is 12.1. The number of hydrogen-bond donors (Lipinski definition) is 2. The predicted molar refractivity (Wildman–Crippen MR) is 158 cm³/mol. The first-order valence-electron chi connectivity index (χ1n) is 14.8. The molecular weight excluding hydrogens is 566 g/mol. The molecule has 0 spiro atoms. The monoisotopic (exact) mass is 601 g/mol. The quantitative estimate of drug-likeness (QED) is 0.292. The van der Waals surface area contributed by atoms with Crippen LogP contribution in [0.2, 0.25) is 0 Å². The molecule has 2 aromatic heterocycles. The Balaban J connectivity index is 1.14. The molecule has 2 saturated carbocycles. The average Bonchev–Trinajstić information content (AvgIpc) is 3.68. The van der Waals surface area contributed by atoms with Crippen LogP contribution in [0.15, 0.2) is 43.2 Å². The van der Waals surface area contributed by atoms with E-state index in [4.69, 9.17) is 9.47 Å². The van der Waals surface area contributed by atoms with Gasteiger partial charge in [-0.1, -0.05) is 25.6 Å². The van der Waals surface area contributed by atoms with Gasteiger partial charge in [0.1, 0.15) is 30.1 Å². The molecule has 6 rings (SSSR count). The van der Waals surface area contributed by atoms with Gasteiger partial charge < -0.3 is 25.0 Å². The Morgan fingerprint density at radius 3 is 2.77 bits per heavy atom. The topological polar surface area (TPSA) is 157 Å². The molecule has 3 aromatic rings. The number of esters is 1. The molecule has 2 N–H and O–H groups in total. The Labute approximate surface area is 254 Å². The Morgan fingerprint density at radius 2 is 1.95 bits per heavy atom. The van der Waals surface area contributed by atoms with Crippen molar-refractivity contribution in [1.82, 2.24) is 30.2 Å². The lowest BCUT2D eigenvalue weighted by atomic mass is 9.68. The molecule has 5 atom stereocenters. The standard InChI is InChI=1S/C31H35N7O6/c1-4-11-43-30(42)20-6-7-21-19(17(20)2)8-9-22(21)35-29(41)25-13-23(36-31-33-16-34-38(25)31)28(40)32-14-18-5-10-26-24(12-18)37(3)27(39)15-44-26/h4-5,10,12-13,16-17,19-22H,1,6-9,11,14-15H2,2-3H3,(H,32,40)(H,35,41)/t17-,19+,20?,21?,22+/m1/s1. The Bertz CT molecular complexity index is 1640. The van der Waals surface area contributed by atoms with Crippen LogP contribution < -0.4 is 20.3 Å². The highest BCUT2D eigenvalue weighted by atomic mass is 16.5. The summed E-state index contributed by atoms with van der Waals surface area (Å²) < 4.78 is 12.1. The Kier molecular flexibility index (Phi) is 8.02. The molecule has 0 radical (unpaired) electrons. The van der Waals surface area contributed by atoms with E-state index in [0.29, 0.717) is 23.8 Å². The van der Waals surface area contributed by atoms with Crippen molar-refractivity contribution in [2.45, 2.75) is 45.2 Å². The van der Waals surface area contributed by atoms with Gasteiger partial charge >= 0.3 is 5.97 Å². The second-order valence-corrected chi connectivity index (χ2v) is 11.7. The van der Waals surface area contributed by atoms with Gasteiger partial charge in [-0.05, 0) is 61.1 Å². The summed E-state index contributed by atoms with van der Waals surface area (Å²) in [5, 5.41) is 10.2. The highest BCUT2D eigenvalue weighted by molar-refractivity contribution is 5.99. The van der Waals surface area contributed by atoms with E-state index >= 15 is 0 Å². The number of carbonyl (C=O) groups excluding carboxylic acids is 4. The van der Waals surface area contributed by atoms with Gasteiger partial charge in [0, 0.05) is 25.7 Å². The van der Waals surface area contributed by atoms with Crippen molar-refractivity contribution in [3.63, 3.8) is 0 Å². The molecule has 2 fully saturated rings. The first kappa shape index (κ1) is 29.3. The summed E-state index contributed by atoms with van der Waals surface area (Å²) in [6.45, 7) is 6.08. The van der Waals surface area contributed by atoms with Gasteiger partial charge in [0.05, 0.1) is 11.6 Å². The third-order valence-electron chi connectivity index (χ3n) is 9.24. The summed E-state index contributed by atoms with van der Waals surface area (Å²) in [7, 11) is 1.68. The molecule has 44 heavy (non-hydrogen) atoms. The fraction of sp³-hybridized carbons (Fsp3) is 0.452. The first-order valence-corrected chi connectivity index (χ1v) is 14.8. The van der Waals surface area contributed by atoms with Crippen molar-refractivity contribution in [3.05, 3.63) is 60.2 Å². The lowest BCUT2D eigenvalue weighted by molar-refractivity contribution is -0.152. The number of nitrogens with one attached hydrogen (secondary N) is 2. The predicted octanol–water partition coefficient (Wildman–Crippen LogP) is 2.31. The molecule has 1 aliphatic heterocycles.